The number of carbonyl (C=O) groups is 2. The number of carbonyl (C=O) groups excluding carboxylic acids is 2. The summed E-state index contributed by atoms with van der Waals surface area (Å²) in [5.74, 6) is -0.652. The predicted octanol–water partition coefficient (Wildman–Crippen LogP) is 1.48. The Morgan fingerprint density at radius 2 is 2.21 bits per heavy atom. The van der Waals surface area contributed by atoms with Crippen LogP contribution in [0.5, 0.6) is 0 Å². The molecule has 1 aliphatic heterocycles. The Bertz CT molecular complexity index is 350. The molecule has 1 rings (SSSR count). The highest BCUT2D eigenvalue weighted by Gasteiger charge is 2.41. The van der Waals surface area contributed by atoms with Gasteiger partial charge in [0.15, 0.2) is 6.10 Å². The summed E-state index contributed by atoms with van der Waals surface area (Å²) in [6.07, 6.45) is -1.40. The number of esters is 1. The number of aliphatic hydroxyl groups excluding tert-OH is 1. The van der Waals surface area contributed by atoms with Crippen LogP contribution in [0.25, 0.3) is 0 Å². The Morgan fingerprint density at radius 3 is 2.68 bits per heavy atom. The van der Waals surface area contributed by atoms with Crippen molar-refractivity contribution in [2.45, 2.75) is 28.6 Å². The molecule has 110 valence electrons. The van der Waals surface area contributed by atoms with Gasteiger partial charge in [0.2, 0.25) is 9.70 Å². The van der Waals surface area contributed by atoms with Crippen LogP contribution in [0, 0.1) is 5.92 Å². The molecule has 1 aliphatic rings. The van der Waals surface area contributed by atoms with Gasteiger partial charge < -0.3 is 15.2 Å². The molecule has 0 bridgehead atoms. The van der Waals surface area contributed by atoms with Crippen molar-refractivity contribution < 1.29 is 19.4 Å². The maximum atomic E-state index is 11.4. The molecular formula is C10H14Cl3NO4S. The lowest BCUT2D eigenvalue weighted by atomic mass is 9.94. The zero-order valence-corrected chi connectivity index (χ0v) is 13.2. The fourth-order valence-electron chi connectivity index (χ4n) is 1.54. The van der Waals surface area contributed by atoms with Gasteiger partial charge in [-0.25, -0.2) is 4.79 Å². The lowest BCUT2D eigenvalue weighted by Crippen LogP contribution is -2.57. The van der Waals surface area contributed by atoms with Gasteiger partial charge in [0.25, 0.3) is 0 Å². The Labute approximate surface area is 130 Å². The topological polar surface area (TPSA) is 75.6 Å². The summed E-state index contributed by atoms with van der Waals surface area (Å²) in [6.45, 7) is 1.51. The van der Waals surface area contributed by atoms with Crippen LogP contribution in [0.4, 0.5) is 0 Å². The minimum atomic E-state index is -1.72. The minimum Gasteiger partial charge on any atom is -0.459 e. The van der Waals surface area contributed by atoms with Gasteiger partial charge in [-0.2, -0.15) is 0 Å². The molecule has 2 N–H and O–H groups in total. The number of hydrogen-bond acceptors (Lipinski definition) is 5. The average molecular weight is 351 g/mol. The molecule has 1 fully saturated rings. The number of β-lactam (4-membered cyclic amide) rings is 1. The first kappa shape index (κ1) is 17.2. The molecule has 0 radical (unpaired) electrons. The van der Waals surface area contributed by atoms with E-state index in [4.69, 9.17) is 34.8 Å². The van der Waals surface area contributed by atoms with Gasteiger partial charge in [-0.05, 0) is 12.2 Å². The van der Waals surface area contributed by atoms with Crippen LogP contribution in [0.1, 0.15) is 13.3 Å². The standard InChI is InChI=1S/C10H14Cl3NO4S/c1-2-19-8-5(7(16)14-8)3-6(15)9(17)18-4-10(11,12)13/h5-6,8,15H,2-4H2,1H3,(H,14,16). The number of alkyl halides is 3. The molecule has 0 saturated carbocycles. The van der Waals surface area contributed by atoms with Crippen LogP contribution in [0.15, 0.2) is 0 Å². The zero-order chi connectivity index (χ0) is 14.6. The first-order valence-electron chi connectivity index (χ1n) is 5.58. The second-order valence-corrected chi connectivity index (χ2v) is 7.90. The van der Waals surface area contributed by atoms with Crippen LogP contribution < -0.4 is 5.32 Å². The summed E-state index contributed by atoms with van der Waals surface area (Å²) in [5.41, 5.74) is 0. The second-order valence-electron chi connectivity index (χ2n) is 3.97. The highest BCUT2D eigenvalue weighted by molar-refractivity contribution is 8.00. The maximum Gasteiger partial charge on any atom is 0.335 e. The molecule has 9 heteroatoms. The van der Waals surface area contributed by atoms with E-state index in [1.807, 2.05) is 6.92 Å². The lowest BCUT2D eigenvalue weighted by molar-refractivity contribution is -0.155. The Morgan fingerprint density at radius 1 is 1.58 bits per heavy atom. The fourth-order valence-corrected chi connectivity index (χ4v) is 2.73. The van der Waals surface area contributed by atoms with E-state index in [9.17, 15) is 14.7 Å². The van der Waals surface area contributed by atoms with Crippen molar-refractivity contribution in [2.75, 3.05) is 12.4 Å². The van der Waals surface area contributed by atoms with E-state index in [0.29, 0.717) is 0 Å². The van der Waals surface area contributed by atoms with Crippen LogP contribution in [0.3, 0.4) is 0 Å². The summed E-state index contributed by atoms with van der Waals surface area (Å²) < 4.78 is 2.93. The third kappa shape index (κ3) is 5.55. The summed E-state index contributed by atoms with van der Waals surface area (Å²) in [5, 5.41) is 12.3. The smallest absolute Gasteiger partial charge is 0.335 e. The highest BCUT2D eigenvalue weighted by Crippen LogP contribution is 2.30. The number of ether oxygens (including phenoxy) is 1. The molecular weight excluding hydrogens is 337 g/mol. The minimum absolute atomic E-state index is 0.00217. The van der Waals surface area contributed by atoms with Crippen LogP contribution in [0.2, 0.25) is 0 Å². The second kappa shape index (κ2) is 7.22. The SMILES string of the molecule is CCSC1NC(=O)C1CC(O)C(=O)OCC(Cl)(Cl)Cl. The molecule has 1 saturated heterocycles. The van der Waals surface area contributed by atoms with Gasteiger partial charge in [-0.1, -0.05) is 41.7 Å². The van der Waals surface area contributed by atoms with Gasteiger partial charge in [0.1, 0.15) is 6.61 Å². The molecule has 0 aromatic rings. The van der Waals surface area contributed by atoms with Gasteiger partial charge in [0.05, 0.1) is 11.3 Å². The van der Waals surface area contributed by atoms with E-state index in [2.05, 4.69) is 10.1 Å². The van der Waals surface area contributed by atoms with Gasteiger partial charge in [-0.3, -0.25) is 4.79 Å². The van der Waals surface area contributed by atoms with Crippen molar-refractivity contribution in [3.05, 3.63) is 0 Å². The van der Waals surface area contributed by atoms with E-state index in [1.54, 1.807) is 11.8 Å². The Kier molecular flexibility index (Phi) is 6.53. The van der Waals surface area contributed by atoms with Crippen molar-refractivity contribution >= 4 is 58.4 Å². The highest BCUT2D eigenvalue weighted by atomic mass is 35.6. The average Bonchev–Trinajstić information content (AvgIpc) is 2.31. The Hall–Kier alpha value is 0.120. The first-order valence-corrected chi connectivity index (χ1v) is 7.76. The largest absolute Gasteiger partial charge is 0.459 e. The normalized spacial score (nSPS) is 24.4. The van der Waals surface area contributed by atoms with Crippen LogP contribution >= 0.6 is 46.6 Å². The molecule has 0 aromatic carbocycles. The van der Waals surface area contributed by atoms with Crippen molar-refractivity contribution in [3.63, 3.8) is 0 Å². The number of aliphatic hydroxyl groups is 1. The molecule has 1 heterocycles. The molecule has 3 atom stereocenters. The molecule has 0 spiro atoms. The maximum absolute atomic E-state index is 11.4. The first-order chi connectivity index (χ1) is 8.74. The molecule has 5 nitrogen and oxygen atoms in total. The van der Waals surface area contributed by atoms with Crippen LogP contribution in [-0.4, -0.2) is 44.6 Å². The van der Waals surface area contributed by atoms with E-state index >= 15 is 0 Å². The number of thioether (sulfide) groups is 1. The van der Waals surface area contributed by atoms with E-state index < -0.39 is 28.4 Å². The molecule has 19 heavy (non-hydrogen) atoms. The van der Waals surface area contributed by atoms with Gasteiger partial charge in [-0.15, -0.1) is 11.8 Å². The van der Waals surface area contributed by atoms with E-state index in [0.717, 1.165) is 5.75 Å². The molecule has 0 aromatic heterocycles. The third-order valence-electron chi connectivity index (χ3n) is 2.46. The van der Waals surface area contributed by atoms with Crippen molar-refractivity contribution in [2.24, 2.45) is 5.92 Å². The van der Waals surface area contributed by atoms with E-state index in [-0.39, 0.29) is 17.7 Å². The van der Waals surface area contributed by atoms with Crippen LogP contribution in [-0.2, 0) is 14.3 Å². The molecule has 3 unspecified atom stereocenters. The summed E-state index contributed by atoms with van der Waals surface area (Å²) >= 11 is 17.8. The van der Waals surface area contributed by atoms with Gasteiger partial charge in [0, 0.05) is 0 Å². The fraction of sp³-hybridized carbons (Fsp3) is 0.800. The van der Waals surface area contributed by atoms with Crippen molar-refractivity contribution in [3.8, 4) is 0 Å². The summed E-state index contributed by atoms with van der Waals surface area (Å²) in [4.78, 5) is 22.8. The third-order valence-corrected chi connectivity index (χ3v) is 3.93. The molecule has 0 aliphatic carbocycles. The summed E-state index contributed by atoms with van der Waals surface area (Å²) in [7, 11) is 0. The predicted molar refractivity (Wildman–Crippen MR) is 75.4 cm³/mol. The number of halogens is 3. The molecule has 1 amide bonds. The number of nitrogens with one attached hydrogen (secondary N) is 1. The zero-order valence-electron chi connectivity index (χ0n) is 10.1. The van der Waals surface area contributed by atoms with Crippen molar-refractivity contribution in [1.29, 1.82) is 0 Å². The quantitative estimate of drug-likeness (QED) is 0.431. The lowest BCUT2D eigenvalue weighted by Gasteiger charge is -2.36. The Balaban J connectivity index is 2.39. The number of hydrogen-bond donors (Lipinski definition) is 2. The van der Waals surface area contributed by atoms with E-state index in [1.165, 1.54) is 0 Å². The monoisotopic (exact) mass is 349 g/mol. The number of rotatable bonds is 6. The summed E-state index contributed by atoms with van der Waals surface area (Å²) in [6, 6.07) is 0. The number of amides is 1. The van der Waals surface area contributed by atoms with Gasteiger partial charge >= 0.3 is 5.97 Å². The van der Waals surface area contributed by atoms with Crippen molar-refractivity contribution in [1.82, 2.24) is 5.32 Å².